The van der Waals surface area contributed by atoms with Crippen LogP contribution in [0.5, 0.6) is 0 Å². The SMILES string of the molecule is O=C(NC1CCCC1)[C@@H]1CN(Cc2nccs2)C[C@H]2OCC[C@H]21. The number of amides is 1. The van der Waals surface area contributed by atoms with Gasteiger partial charge in [0, 0.05) is 43.2 Å². The Morgan fingerprint density at radius 1 is 1.35 bits per heavy atom. The van der Waals surface area contributed by atoms with Gasteiger partial charge in [0.2, 0.25) is 5.91 Å². The summed E-state index contributed by atoms with van der Waals surface area (Å²) in [5.74, 6) is 0.710. The van der Waals surface area contributed by atoms with Gasteiger partial charge in [0.05, 0.1) is 18.6 Å². The Morgan fingerprint density at radius 3 is 3.00 bits per heavy atom. The molecule has 3 heterocycles. The number of nitrogens with one attached hydrogen (secondary N) is 1. The molecule has 5 nitrogen and oxygen atoms in total. The third kappa shape index (κ3) is 3.44. The van der Waals surface area contributed by atoms with Crippen molar-refractivity contribution in [2.24, 2.45) is 11.8 Å². The largest absolute Gasteiger partial charge is 0.377 e. The maximum Gasteiger partial charge on any atom is 0.225 e. The lowest BCUT2D eigenvalue weighted by molar-refractivity contribution is -0.132. The Bertz CT molecular complexity index is 530. The molecule has 1 saturated carbocycles. The van der Waals surface area contributed by atoms with Gasteiger partial charge in [0.25, 0.3) is 0 Å². The molecule has 0 bridgehead atoms. The van der Waals surface area contributed by atoms with Crippen molar-refractivity contribution in [1.29, 1.82) is 0 Å². The molecule has 1 N–H and O–H groups in total. The fourth-order valence-corrected chi connectivity index (χ4v) is 5.02. The second kappa shape index (κ2) is 6.87. The average Bonchev–Trinajstić information content (AvgIpc) is 3.28. The second-order valence-corrected chi connectivity index (χ2v) is 8.06. The van der Waals surface area contributed by atoms with Gasteiger partial charge in [-0.05, 0) is 19.3 Å². The number of carbonyl (C=O) groups excluding carboxylic acids is 1. The van der Waals surface area contributed by atoms with Crippen LogP contribution in [0, 0.1) is 11.8 Å². The quantitative estimate of drug-likeness (QED) is 0.915. The van der Waals surface area contributed by atoms with E-state index in [0.717, 1.165) is 50.5 Å². The number of hydrogen-bond donors (Lipinski definition) is 1. The molecule has 4 rings (SSSR count). The molecule has 0 radical (unpaired) electrons. The summed E-state index contributed by atoms with van der Waals surface area (Å²) in [6, 6.07) is 0.401. The van der Waals surface area contributed by atoms with Crippen molar-refractivity contribution in [3.05, 3.63) is 16.6 Å². The highest BCUT2D eigenvalue weighted by Gasteiger charge is 2.44. The van der Waals surface area contributed by atoms with Gasteiger partial charge in [0.15, 0.2) is 0 Å². The molecule has 1 aliphatic carbocycles. The lowest BCUT2D eigenvalue weighted by Gasteiger charge is -2.39. The summed E-state index contributed by atoms with van der Waals surface area (Å²) < 4.78 is 5.92. The van der Waals surface area contributed by atoms with Crippen LogP contribution in [0.1, 0.15) is 37.1 Å². The van der Waals surface area contributed by atoms with Gasteiger partial charge >= 0.3 is 0 Å². The highest BCUT2D eigenvalue weighted by Crippen LogP contribution is 2.35. The normalized spacial score (nSPS) is 32.1. The topological polar surface area (TPSA) is 54.5 Å². The molecule has 126 valence electrons. The van der Waals surface area contributed by atoms with Gasteiger partial charge in [-0.3, -0.25) is 9.69 Å². The summed E-state index contributed by atoms with van der Waals surface area (Å²) in [4.78, 5) is 19.6. The summed E-state index contributed by atoms with van der Waals surface area (Å²) in [6.07, 6.45) is 7.88. The van der Waals surface area contributed by atoms with Crippen LogP contribution in [0.4, 0.5) is 0 Å². The average molecular weight is 335 g/mol. The van der Waals surface area contributed by atoms with Gasteiger partial charge < -0.3 is 10.1 Å². The molecule has 6 heteroatoms. The number of nitrogens with zero attached hydrogens (tertiary/aromatic N) is 2. The first kappa shape index (κ1) is 15.5. The smallest absolute Gasteiger partial charge is 0.225 e. The number of ether oxygens (including phenoxy) is 1. The van der Waals surface area contributed by atoms with Crippen molar-refractivity contribution < 1.29 is 9.53 Å². The molecule has 0 spiro atoms. The van der Waals surface area contributed by atoms with Gasteiger partial charge in [0.1, 0.15) is 5.01 Å². The number of rotatable bonds is 4. The number of carbonyl (C=O) groups is 1. The number of likely N-dealkylation sites (tertiary alicyclic amines) is 1. The Labute approximate surface area is 141 Å². The van der Waals surface area contributed by atoms with Crippen LogP contribution in [0.15, 0.2) is 11.6 Å². The summed E-state index contributed by atoms with van der Waals surface area (Å²) >= 11 is 1.68. The zero-order valence-corrected chi connectivity index (χ0v) is 14.3. The molecule has 3 atom stereocenters. The molecule has 1 amide bonds. The second-order valence-electron chi connectivity index (χ2n) is 7.08. The fourth-order valence-electron chi connectivity index (χ4n) is 4.36. The standard InChI is InChI=1S/C17H25N3O2S/c21-17(19-12-3-1-2-4-12)14-9-20(11-16-18-6-8-23-16)10-15-13(14)5-7-22-15/h6,8,12-15H,1-5,7,9-11H2,(H,19,21)/t13-,14+,15+/m0/s1. The Kier molecular flexibility index (Phi) is 4.64. The molecule has 23 heavy (non-hydrogen) atoms. The molecule has 0 aromatic carbocycles. The zero-order valence-electron chi connectivity index (χ0n) is 13.4. The Hall–Kier alpha value is -0.980. The maximum atomic E-state index is 12.8. The fraction of sp³-hybridized carbons (Fsp3) is 0.765. The van der Waals surface area contributed by atoms with Crippen LogP contribution < -0.4 is 5.32 Å². The molecule has 2 saturated heterocycles. The van der Waals surface area contributed by atoms with Crippen molar-refractivity contribution in [1.82, 2.24) is 15.2 Å². The first-order valence-corrected chi connectivity index (χ1v) is 9.70. The molecule has 2 aliphatic heterocycles. The van der Waals surface area contributed by atoms with E-state index in [9.17, 15) is 4.79 Å². The number of fused-ring (bicyclic) bond motifs is 1. The van der Waals surface area contributed by atoms with Crippen LogP contribution in [0.25, 0.3) is 0 Å². The highest BCUT2D eigenvalue weighted by molar-refractivity contribution is 7.09. The van der Waals surface area contributed by atoms with E-state index in [1.54, 1.807) is 11.3 Å². The van der Waals surface area contributed by atoms with Crippen molar-refractivity contribution >= 4 is 17.2 Å². The van der Waals surface area contributed by atoms with Crippen LogP contribution in [0.2, 0.25) is 0 Å². The molecule has 1 aromatic heterocycles. The van der Waals surface area contributed by atoms with Crippen molar-refractivity contribution in [2.75, 3.05) is 19.7 Å². The van der Waals surface area contributed by atoms with E-state index in [2.05, 4.69) is 15.2 Å². The summed E-state index contributed by atoms with van der Waals surface area (Å²) in [6.45, 7) is 3.39. The zero-order chi connectivity index (χ0) is 15.6. The van der Waals surface area contributed by atoms with Gasteiger partial charge in [-0.1, -0.05) is 12.8 Å². The van der Waals surface area contributed by atoms with E-state index in [0.29, 0.717) is 12.0 Å². The molecular formula is C17H25N3O2S. The van der Waals surface area contributed by atoms with Crippen LogP contribution in [-0.2, 0) is 16.1 Å². The lowest BCUT2D eigenvalue weighted by Crippen LogP contribution is -2.53. The van der Waals surface area contributed by atoms with E-state index in [-0.39, 0.29) is 17.9 Å². The third-order valence-electron chi connectivity index (χ3n) is 5.55. The predicted octanol–water partition coefficient (Wildman–Crippen LogP) is 2.04. The van der Waals surface area contributed by atoms with Gasteiger partial charge in [-0.25, -0.2) is 4.98 Å². The van der Waals surface area contributed by atoms with Crippen molar-refractivity contribution in [3.8, 4) is 0 Å². The van der Waals surface area contributed by atoms with Crippen LogP contribution >= 0.6 is 11.3 Å². The Balaban J connectivity index is 1.43. The number of hydrogen-bond acceptors (Lipinski definition) is 5. The number of aromatic nitrogens is 1. The van der Waals surface area contributed by atoms with Crippen LogP contribution in [0.3, 0.4) is 0 Å². The third-order valence-corrected chi connectivity index (χ3v) is 6.32. The number of piperidine rings is 1. The van der Waals surface area contributed by atoms with Gasteiger partial charge in [-0.2, -0.15) is 0 Å². The van der Waals surface area contributed by atoms with E-state index in [1.807, 2.05) is 11.6 Å². The molecule has 0 unspecified atom stereocenters. The maximum absolute atomic E-state index is 12.8. The minimum absolute atomic E-state index is 0.0665. The van der Waals surface area contributed by atoms with Crippen molar-refractivity contribution in [2.45, 2.75) is 50.8 Å². The monoisotopic (exact) mass is 335 g/mol. The van der Waals surface area contributed by atoms with Crippen LogP contribution in [-0.4, -0.2) is 47.6 Å². The Morgan fingerprint density at radius 2 is 2.22 bits per heavy atom. The molecule has 1 aromatic rings. The van der Waals surface area contributed by atoms with E-state index >= 15 is 0 Å². The molecule has 3 fully saturated rings. The summed E-state index contributed by atoms with van der Waals surface area (Å²) in [7, 11) is 0. The number of thiazole rings is 1. The molecule has 3 aliphatic rings. The lowest BCUT2D eigenvalue weighted by atomic mass is 9.82. The van der Waals surface area contributed by atoms with E-state index in [4.69, 9.17) is 4.74 Å². The highest BCUT2D eigenvalue weighted by atomic mass is 32.1. The van der Waals surface area contributed by atoms with E-state index in [1.165, 1.54) is 12.8 Å². The van der Waals surface area contributed by atoms with E-state index < -0.39 is 0 Å². The van der Waals surface area contributed by atoms with Crippen molar-refractivity contribution in [3.63, 3.8) is 0 Å². The minimum Gasteiger partial charge on any atom is -0.377 e. The minimum atomic E-state index is 0.0665. The first-order chi connectivity index (χ1) is 11.3. The predicted molar refractivity (Wildman–Crippen MR) is 89.1 cm³/mol. The summed E-state index contributed by atoms with van der Waals surface area (Å²) in [5.41, 5.74) is 0. The summed E-state index contributed by atoms with van der Waals surface area (Å²) in [5, 5.41) is 6.44. The molecular weight excluding hydrogens is 310 g/mol. The van der Waals surface area contributed by atoms with Gasteiger partial charge in [-0.15, -0.1) is 11.3 Å². The first-order valence-electron chi connectivity index (χ1n) is 8.82.